The average Bonchev–Trinajstić information content (AvgIpc) is 2.79. The summed E-state index contributed by atoms with van der Waals surface area (Å²) in [5.74, 6) is -0.180. The molecule has 1 unspecified atom stereocenters. The molecule has 1 aliphatic rings. The Bertz CT molecular complexity index is 1140. The number of hydrogen-bond acceptors (Lipinski definition) is 6. The summed E-state index contributed by atoms with van der Waals surface area (Å²) in [4.78, 5) is 40.3. The molecule has 0 bridgehead atoms. The lowest BCUT2D eigenvalue weighted by Gasteiger charge is -2.41. The van der Waals surface area contributed by atoms with Crippen LogP contribution in [0.2, 0.25) is 0 Å². The van der Waals surface area contributed by atoms with E-state index in [1.54, 1.807) is 19.3 Å². The molecule has 1 amide bonds. The largest absolute Gasteiger partial charge is 0.367 e. The molecule has 8 heteroatoms. The van der Waals surface area contributed by atoms with Crippen molar-refractivity contribution in [2.45, 2.75) is 32.9 Å². The van der Waals surface area contributed by atoms with Crippen molar-refractivity contribution in [3.63, 3.8) is 0 Å². The van der Waals surface area contributed by atoms with Gasteiger partial charge < -0.3 is 15.2 Å². The second kappa shape index (κ2) is 8.85. The van der Waals surface area contributed by atoms with E-state index < -0.39 is 0 Å². The molecule has 31 heavy (non-hydrogen) atoms. The fourth-order valence-electron chi connectivity index (χ4n) is 4.05. The zero-order chi connectivity index (χ0) is 22.0. The fourth-order valence-corrected chi connectivity index (χ4v) is 4.05. The lowest BCUT2D eigenvalue weighted by Crippen LogP contribution is -2.51. The van der Waals surface area contributed by atoms with Gasteiger partial charge in [0.2, 0.25) is 0 Å². The summed E-state index contributed by atoms with van der Waals surface area (Å²) < 4.78 is 0. The van der Waals surface area contributed by atoms with E-state index in [9.17, 15) is 9.59 Å². The first-order chi connectivity index (χ1) is 15.0. The third kappa shape index (κ3) is 4.44. The van der Waals surface area contributed by atoms with Gasteiger partial charge >= 0.3 is 0 Å². The zero-order valence-corrected chi connectivity index (χ0v) is 18.2. The van der Waals surface area contributed by atoms with Gasteiger partial charge in [0.25, 0.3) is 11.5 Å². The summed E-state index contributed by atoms with van der Waals surface area (Å²) in [7, 11) is 1.60. The van der Waals surface area contributed by atoms with Gasteiger partial charge in [-0.2, -0.15) is 0 Å². The van der Waals surface area contributed by atoms with E-state index in [0.717, 1.165) is 54.0 Å². The Morgan fingerprint density at radius 2 is 2.06 bits per heavy atom. The van der Waals surface area contributed by atoms with Gasteiger partial charge in [0.1, 0.15) is 5.69 Å². The van der Waals surface area contributed by atoms with Crippen molar-refractivity contribution in [3.8, 4) is 0 Å². The topological polar surface area (TPSA) is 94.2 Å². The molecule has 0 radical (unpaired) electrons. The number of carbonyl (C=O) groups excluding carboxylic acids is 1. The summed E-state index contributed by atoms with van der Waals surface area (Å²) in [5, 5.41) is 2.59. The molecule has 0 aromatic carbocycles. The number of aromatic nitrogens is 3. The number of aromatic amines is 1. The van der Waals surface area contributed by atoms with E-state index in [1.165, 1.54) is 0 Å². The molecule has 2 N–H and O–H groups in total. The van der Waals surface area contributed by atoms with E-state index in [0.29, 0.717) is 18.2 Å². The number of hydrogen-bond donors (Lipinski definition) is 2. The highest BCUT2D eigenvalue weighted by atomic mass is 16.1. The highest BCUT2D eigenvalue weighted by Crippen LogP contribution is 2.21. The Labute approximate surface area is 181 Å². The third-order valence-electron chi connectivity index (χ3n) is 5.93. The van der Waals surface area contributed by atoms with Crippen LogP contribution in [0.15, 0.2) is 41.5 Å². The second-order valence-corrected chi connectivity index (χ2v) is 8.00. The number of nitrogens with zero attached hydrogens (tertiary/aromatic N) is 4. The molecule has 4 rings (SSSR count). The summed E-state index contributed by atoms with van der Waals surface area (Å²) in [6, 6.07) is 7.96. The van der Waals surface area contributed by atoms with Crippen molar-refractivity contribution in [3.05, 3.63) is 63.8 Å². The van der Waals surface area contributed by atoms with E-state index in [4.69, 9.17) is 0 Å². The van der Waals surface area contributed by atoms with Crippen LogP contribution >= 0.6 is 0 Å². The number of H-pyrrole nitrogens is 1. The van der Waals surface area contributed by atoms with Crippen LogP contribution in [0.4, 0.5) is 5.69 Å². The maximum absolute atomic E-state index is 12.1. The first-order valence-corrected chi connectivity index (χ1v) is 10.7. The molecule has 1 aliphatic heterocycles. The fraction of sp³-hybridized carbons (Fsp3) is 0.391. The number of amides is 1. The van der Waals surface area contributed by atoms with Gasteiger partial charge in [-0.25, -0.2) is 4.98 Å². The summed E-state index contributed by atoms with van der Waals surface area (Å²) >= 11 is 0. The van der Waals surface area contributed by atoms with Crippen molar-refractivity contribution in [1.82, 2.24) is 25.2 Å². The quantitative estimate of drug-likeness (QED) is 0.655. The molecule has 1 fully saturated rings. The van der Waals surface area contributed by atoms with Crippen LogP contribution < -0.4 is 15.8 Å². The maximum atomic E-state index is 12.1. The van der Waals surface area contributed by atoms with Crippen LogP contribution in [-0.2, 0) is 13.0 Å². The Kier molecular flexibility index (Phi) is 5.99. The Hall–Kier alpha value is -3.26. The molecule has 1 saturated heterocycles. The van der Waals surface area contributed by atoms with Crippen LogP contribution in [0.5, 0.6) is 0 Å². The van der Waals surface area contributed by atoms with Crippen LogP contribution in [0, 0.1) is 0 Å². The monoisotopic (exact) mass is 420 g/mol. The predicted molar refractivity (Wildman–Crippen MR) is 121 cm³/mol. The Balaban J connectivity index is 1.43. The van der Waals surface area contributed by atoms with Crippen molar-refractivity contribution < 1.29 is 4.79 Å². The molecule has 4 heterocycles. The highest BCUT2D eigenvalue weighted by molar-refractivity contribution is 5.92. The lowest BCUT2D eigenvalue weighted by molar-refractivity contribution is 0.0958. The molecule has 3 aromatic heterocycles. The first-order valence-electron chi connectivity index (χ1n) is 10.7. The molecule has 162 valence electrons. The number of rotatable bonds is 5. The average molecular weight is 421 g/mol. The van der Waals surface area contributed by atoms with Crippen molar-refractivity contribution >= 4 is 22.6 Å². The van der Waals surface area contributed by atoms with Gasteiger partial charge in [-0.3, -0.25) is 19.5 Å². The summed E-state index contributed by atoms with van der Waals surface area (Å²) in [5.41, 5.74) is 4.87. The normalized spacial score (nSPS) is 17.1. The summed E-state index contributed by atoms with van der Waals surface area (Å²) in [6.07, 6.45) is 4.36. The van der Waals surface area contributed by atoms with E-state index in [2.05, 4.69) is 37.0 Å². The number of aryl methyl sites for hydroxylation is 1. The minimum atomic E-state index is -0.180. The van der Waals surface area contributed by atoms with Crippen molar-refractivity contribution in [1.29, 1.82) is 0 Å². The zero-order valence-electron chi connectivity index (χ0n) is 18.2. The molecule has 0 spiro atoms. The number of carbonyl (C=O) groups is 1. The number of anilines is 1. The minimum Gasteiger partial charge on any atom is -0.367 e. The van der Waals surface area contributed by atoms with Gasteiger partial charge in [0, 0.05) is 51.0 Å². The van der Waals surface area contributed by atoms with Crippen molar-refractivity contribution in [2.24, 2.45) is 0 Å². The predicted octanol–water partition coefficient (Wildman–Crippen LogP) is 1.95. The number of piperazine rings is 1. The van der Waals surface area contributed by atoms with Gasteiger partial charge in [-0.1, -0.05) is 6.92 Å². The number of fused-ring (bicyclic) bond motifs is 1. The molecular formula is C23H28N6O2. The van der Waals surface area contributed by atoms with E-state index in [1.807, 2.05) is 31.3 Å². The van der Waals surface area contributed by atoms with Gasteiger partial charge in [-0.05, 0) is 43.2 Å². The summed E-state index contributed by atoms with van der Waals surface area (Å²) in [6.45, 7) is 7.62. The Morgan fingerprint density at radius 1 is 1.23 bits per heavy atom. The molecule has 0 saturated carbocycles. The van der Waals surface area contributed by atoms with E-state index >= 15 is 0 Å². The minimum absolute atomic E-state index is 0.0352. The van der Waals surface area contributed by atoms with Gasteiger partial charge in [-0.15, -0.1) is 0 Å². The molecule has 0 aliphatic carbocycles. The smallest absolute Gasteiger partial charge is 0.269 e. The molecule has 1 atom stereocenters. The van der Waals surface area contributed by atoms with Gasteiger partial charge in [0.15, 0.2) is 0 Å². The molecular weight excluding hydrogens is 392 g/mol. The van der Waals surface area contributed by atoms with E-state index in [-0.39, 0.29) is 11.5 Å². The standard InChI is InChI=1S/C23H28N6O2/c1-4-17-10-20-21(27-22(17)30)9-16(11-25-20)14-28-7-8-29(13-15(28)2)18-5-6-19(26-12-18)23(31)24-3/h5-6,9-12,15H,4,7-8,13-14H2,1-3H3,(H,24,31)(H,27,30). The van der Waals surface area contributed by atoms with Crippen molar-refractivity contribution in [2.75, 3.05) is 31.6 Å². The van der Waals surface area contributed by atoms with Crippen LogP contribution in [0.3, 0.4) is 0 Å². The molecule has 3 aromatic rings. The SMILES string of the molecule is CCc1cc2ncc(CN3CCN(c4ccc(C(=O)NC)nc4)CC3C)cc2[nH]c1=O. The Morgan fingerprint density at radius 3 is 2.74 bits per heavy atom. The van der Waals surface area contributed by atoms with Crippen LogP contribution in [0.25, 0.3) is 11.0 Å². The van der Waals surface area contributed by atoms with Crippen LogP contribution in [-0.4, -0.2) is 58.5 Å². The number of nitrogens with one attached hydrogen (secondary N) is 2. The third-order valence-corrected chi connectivity index (χ3v) is 5.93. The van der Waals surface area contributed by atoms with Gasteiger partial charge in [0.05, 0.1) is 22.9 Å². The number of pyridine rings is 3. The molecule has 8 nitrogen and oxygen atoms in total. The second-order valence-electron chi connectivity index (χ2n) is 8.00. The first kappa shape index (κ1) is 21.0. The lowest BCUT2D eigenvalue weighted by atomic mass is 10.1. The van der Waals surface area contributed by atoms with Crippen LogP contribution in [0.1, 0.15) is 35.5 Å². The maximum Gasteiger partial charge on any atom is 0.269 e. The highest BCUT2D eigenvalue weighted by Gasteiger charge is 2.24.